The molecule has 0 amide bonds. The van der Waals surface area contributed by atoms with Crippen LogP contribution in [0, 0.1) is 0 Å². The van der Waals surface area contributed by atoms with Crippen molar-refractivity contribution in [3.05, 3.63) is 42.7 Å². The molecule has 0 bridgehead atoms. The first-order chi connectivity index (χ1) is 7.92. The Kier molecular flexibility index (Phi) is 3.59. The van der Waals surface area contributed by atoms with Crippen LogP contribution in [-0.2, 0) is 0 Å². The molecule has 16 heavy (non-hydrogen) atoms. The maximum absolute atomic E-state index is 5.74. The van der Waals surface area contributed by atoms with Crippen molar-refractivity contribution in [2.24, 2.45) is 0 Å². The summed E-state index contributed by atoms with van der Waals surface area (Å²) in [5.41, 5.74) is 0.989. The van der Waals surface area contributed by atoms with Crippen LogP contribution in [0.15, 0.2) is 42.7 Å². The molecule has 0 saturated heterocycles. The van der Waals surface area contributed by atoms with Gasteiger partial charge in [-0.15, -0.1) is 0 Å². The van der Waals surface area contributed by atoms with E-state index in [9.17, 15) is 0 Å². The van der Waals surface area contributed by atoms with Crippen molar-refractivity contribution in [1.82, 2.24) is 9.78 Å². The Morgan fingerprint density at radius 2 is 2.12 bits per heavy atom. The summed E-state index contributed by atoms with van der Waals surface area (Å²) >= 11 is 0. The van der Waals surface area contributed by atoms with Crippen LogP contribution in [0.25, 0.3) is 5.69 Å². The zero-order chi connectivity index (χ0) is 11.2. The Morgan fingerprint density at radius 3 is 2.88 bits per heavy atom. The number of rotatable bonds is 5. The molecule has 1 aromatic carbocycles. The van der Waals surface area contributed by atoms with E-state index in [1.54, 1.807) is 6.20 Å². The van der Waals surface area contributed by atoms with E-state index in [1.165, 1.54) is 0 Å². The number of aromatic nitrogens is 2. The van der Waals surface area contributed by atoms with Gasteiger partial charge >= 0.3 is 0 Å². The van der Waals surface area contributed by atoms with E-state index in [1.807, 2.05) is 41.2 Å². The summed E-state index contributed by atoms with van der Waals surface area (Å²) < 4.78 is 7.56. The van der Waals surface area contributed by atoms with Crippen molar-refractivity contribution in [3.63, 3.8) is 0 Å². The van der Waals surface area contributed by atoms with Gasteiger partial charge in [-0.05, 0) is 24.6 Å². The molecule has 0 radical (unpaired) electrons. The van der Waals surface area contributed by atoms with Crippen LogP contribution >= 0.6 is 0 Å². The van der Waals surface area contributed by atoms with Crippen molar-refractivity contribution in [2.75, 3.05) is 6.61 Å². The normalized spacial score (nSPS) is 10.3. The largest absolute Gasteiger partial charge is 0.491 e. The van der Waals surface area contributed by atoms with Gasteiger partial charge in [-0.1, -0.05) is 25.5 Å². The van der Waals surface area contributed by atoms with Gasteiger partial charge in [-0.25, -0.2) is 4.68 Å². The van der Waals surface area contributed by atoms with Crippen molar-refractivity contribution in [3.8, 4) is 11.4 Å². The number of ether oxygens (including phenoxy) is 1. The van der Waals surface area contributed by atoms with Crippen LogP contribution in [-0.4, -0.2) is 16.4 Å². The number of nitrogens with zero attached hydrogens (tertiary/aromatic N) is 2. The van der Waals surface area contributed by atoms with E-state index in [0.717, 1.165) is 30.9 Å². The molecule has 0 saturated carbocycles. The monoisotopic (exact) mass is 216 g/mol. The lowest BCUT2D eigenvalue weighted by Crippen LogP contribution is -2.02. The molecule has 1 aromatic heterocycles. The maximum atomic E-state index is 5.74. The first-order valence-electron chi connectivity index (χ1n) is 5.63. The Bertz CT molecular complexity index is 423. The maximum Gasteiger partial charge on any atom is 0.144 e. The Morgan fingerprint density at radius 1 is 1.25 bits per heavy atom. The minimum Gasteiger partial charge on any atom is -0.491 e. The molecule has 3 heteroatoms. The van der Waals surface area contributed by atoms with Crippen LogP contribution in [0.2, 0.25) is 0 Å². The fourth-order valence-electron chi connectivity index (χ4n) is 1.51. The minimum atomic E-state index is 0.759. The first kappa shape index (κ1) is 10.7. The van der Waals surface area contributed by atoms with Gasteiger partial charge in [-0.2, -0.15) is 5.10 Å². The van der Waals surface area contributed by atoms with Gasteiger partial charge in [0.05, 0.1) is 6.61 Å². The second-order valence-electron chi connectivity index (χ2n) is 3.62. The molecule has 0 aliphatic heterocycles. The average Bonchev–Trinajstić information content (AvgIpc) is 2.83. The molecular weight excluding hydrogens is 200 g/mol. The summed E-state index contributed by atoms with van der Waals surface area (Å²) in [6.07, 6.45) is 5.90. The van der Waals surface area contributed by atoms with Gasteiger partial charge in [0, 0.05) is 12.4 Å². The fraction of sp³-hybridized carbons (Fsp3) is 0.308. The van der Waals surface area contributed by atoms with Crippen LogP contribution in [0.3, 0.4) is 0 Å². The number of hydrogen-bond donors (Lipinski definition) is 0. The summed E-state index contributed by atoms with van der Waals surface area (Å²) in [6.45, 7) is 2.91. The summed E-state index contributed by atoms with van der Waals surface area (Å²) in [4.78, 5) is 0. The highest BCUT2D eigenvalue weighted by Crippen LogP contribution is 2.21. The van der Waals surface area contributed by atoms with E-state index in [2.05, 4.69) is 12.0 Å². The molecule has 84 valence electrons. The third-order valence-electron chi connectivity index (χ3n) is 2.37. The predicted molar refractivity (Wildman–Crippen MR) is 64.0 cm³/mol. The Labute approximate surface area is 95.7 Å². The standard InChI is InChI=1S/C13H16N2O/c1-2-3-11-16-13-8-5-4-7-12(13)15-10-6-9-14-15/h4-10H,2-3,11H2,1H3. The van der Waals surface area contributed by atoms with Crippen LogP contribution in [0.1, 0.15) is 19.8 Å². The zero-order valence-electron chi connectivity index (χ0n) is 9.47. The SMILES string of the molecule is CCCCOc1ccccc1-n1cccn1. The van der Waals surface area contributed by atoms with Gasteiger partial charge in [0.2, 0.25) is 0 Å². The average molecular weight is 216 g/mol. The van der Waals surface area contributed by atoms with Crippen LogP contribution in [0.5, 0.6) is 5.75 Å². The number of para-hydroxylation sites is 2. The molecule has 0 unspecified atom stereocenters. The Hall–Kier alpha value is -1.77. The molecule has 0 N–H and O–H groups in total. The summed E-state index contributed by atoms with van der Waals surface area (Å²) in [5, 5.41) is 4.21. The highest BCUT2D eigenvalue weighted by atomic mass is 16.5. The Balaban J connectivity index is 2.18. The number of unbranched alkanes of at least 4 members (excludes halogenated alkanes) is 1. The van der Waals surface area contributed by atoms with Gasteiger partial charge in [0.1, 0.15) is 11.4 Å². The van der Waals surface area contributed by atoms with Crippen molar-refractivity contribution < 1.29 is 4.74 Å². The van der Waals surface area contributed by atoms with Gasteiger partial charge in [0.25, 0.3) is 0 Å². The molecule has 0 aliphatic carbocycles. The van der Waals surface area contributed by atoms with Gasteiger partial charge < -0.3 is 4.74 Å². The van der Waals surface area contributed by atoms with Crippen LogP contribution in [0.4, 0.5) is 0 Å². The third-order valence-corrected chi connectivity index (χ3v) is 2.37. The minimum absolute atomic E-state index is 0.759. The summed E-state index contributed by atoms with van der Waals surface area (Å²) in [5.74, 6) is 0.889. The third kappa shape index (κ3) is 2.42. The van der Waals surface area contributed by atoms with E-state index in [0.29, 0.717) is 0 Å². The molecule has 3 nitrogen and oxygen atoms in total. The number of benzene rings is 1. The highest BCUT2D eigenvalue weighted by Gasteiger charge is 2.04. The fourth-order valence-corrected chi connectivity index (χ4v) is 1.51. The molecule has 0 atom stereocenters. The van der Waals surface area contributed by atoms with Crippen molar-refractivity contribution >= 4 is 0 Å². The van der Waals surface area contributed by atoms with E-state index >= 15 is 0 Å². The van der Waals surface area contributed by atoms with Crippen LogP contribution < -0.4 is 4.74 Å². The molecule has 1 heterocycles. The lowest BCUT2D eigenvalue weighted by Gasteiger charge is -2.10. The first-order valence-corrected chi connectivity index (χ1v) is 5.63. The lowest BCUT2D eigenvalue weighted by atomic mass is 10.3. The van der Waals surface area contributed by atoms with Gasteiger partial charge in [-0.3, -0.25) is 0 Å². The summed E-state index contributed by atoms with van der Waals surface area (Å²) in [7, 11) is 0. The molecule has 2 rings (SSSR count). The van der Waals surface area contributed by atoms with E-state index in [-0.39, 0.29) is 0 Å². The molecular formula is C13H16N2O. The second kappa shape index (κ2) is 5.35. The molecule has 0 spiro atoms. The predicted octanol–water partition coefficient (Wildman–Crippen LogP) is 3.05. The van der Waals surface area contributed by atoms with Gasteiger partial charge in [0.15, 0.2) is 0 Å². The lowest BCUT2D eigenvalue weighted by molar-refractivity contribution is 0.308. The highest BCUT2D eigenvalue weighted by molar-refractivity contribution is 5.45. The van der Waals surface area contributed by atoms with E-state index < -0.39 is 0 Å². The molecule has 0 fully saturated rings. The smallest absolute Gasteiger partial charge is 0.144 e. The zero-order valence-corrected chi connectivity index (χ0v) is 9.47. The van der Waals surface area contributed by atoms with Crippen molar-refractivity contribution in [2.45, 2.75) is 19.8 Å². The topological polar surface area (TPSA) is 27.1 Å². The second-order valence-corrected chi connectivity index (χ2v) is 3.62. The number of hydrogen-bond acceptors (Lipinski definition) is 2. The molecule has 0 aliphatic rings. The van der Waals surface area contributed by atoms with E-state index in [4.69, 9.17) is 4.74 Å². The quantitative estimate of drug-likeness (QED) is 0.718. The summed E-state index contributed by atoms with van der Waals surface area (Å²) in [6, 6.07) is 9.86. The molecule has 2 aromatic rings. The van der Waals surface area contributed by atoms with Crippen molar-refractivity contribution in [1.29, 1.82) is 0 Å².